The minimum absolute atomic E-state index is 0.160. The number of aliphatic hydroxyl groups is 1. The van der Waals surface area contributed by atoms with E-state index in [2.05, 4.69) is 0 Å². The molecule has 1 aliphatic carbocycles. The molecule has 0 spiro atoms. The molecule has 0 saturated heterocycles. The van der Waals surface area contributed by atoms with Crippen LogP contribution in [0.25, 0.3) is 0 Å². The first-order valence-electron chi connectivity index (χ1n) is 5.18. The van der Waals surface area contributed by atoms with E-state index in [0.717, 1.165) is 10.8 Å². The van der Waals surface area contributed by atoms with Crippen LogP contribution in [0, 0.1) is 5.92 Å². The summed E-state index contributed by atoms with van der Waals surface area (Å²) >= 11 is 7.42. The minimum Gasteiger partial charge on any atom is -0.392 e. The summed E-state index contributed by atoms with van der Waals surface area (Å²) in [6.07, 6.45) is 5.58. The van der Waals surface area contributed by atoms with E-state index >= 15 is 0 Å². The van der Waals surface area contributed by atoms with Crippen LogP contribution in [0.3, 0.4) is 0 Å². The highest BCUT2D eigenvalue weighted by atomic mass is 35.5. The Balaban J connectivity index is 1.90. The Bertz CT molecular complexity index is 291. The van der Waals surface area contributed by atoms with Gasteiger partial charge in [0, 0.05) is 11.3 Å². The highest BCUT2D eigenvalue weighted by Crippen LogP contribution is 2.31. The monoisotopic (exact) mass is 230 g/mol. The van der Waals surface area contributed by atoms with Crippen LogP contribution in [0.5, 0.6) is 0 Å². The van der Waals surface area contributed by atoms with Crippen molar-refractivity contribution in [1.29, 1.82) is 0 Å². The van der Waals surface area contributed by atoms with Gasteiger partial charge in [-0.05, 0) is 30.9 Å². The van der Waals surface area contributed by atoms with E-state index in [9.17, 15) is 5.11 Å². The molecule has 14 heavy (non-hydrogen) atoms. The second kappa shape index (κ2) is 4.65. The zero-order valence-corrected chi connectivity index (χ0v) is 9.65. The van der Waals surface area contributed by atoms with Crippen LogP contribution in [0.1, 0.15) is 30.6 Å². The van der Waals surface area contributed by atoms with Gasteiger partial charge >= 0.3 is 0 Å². The van der Waals surface area contributed by atoms with Crippen molar-refractivity contribution in [3.05, 3.63) is 21.3 Å². The van der Waals surface area contributed by atoms with E-state index < -0.39 is 0 Å². The summed E-state index contributed by atoms with van der Waals surface area (Å²) in [4.78, 5) is 1.20. The summed E-state index contributed by atoms with van der Waals surface area (Å²) in [6, 6.07) is 3.92. The molecule has 1 aromatic rings. The van der Waals surface area contributed by atoms with Crippen LogP contribution in [0.15, 0.2) is 12.1 Å². The van der Waals surface area contributed by atoms with Crippen molar-refractivity contribution < 1.29 is 5.11 Å². The third-order valence-corrected chi connectivity index (χ3v) is 4.24. The molecule has 1 heterocycles. The Hall–Kier alpha value is -0.0500. The molecule has 1 saturated carbocycles. The largest absolute Gasteiger partial charge is 0.392 e. The van der Waals surface area contributed by atoms with Gasteiger partial charge in [-0.25, -0.2) is 0 Å². The van der Waals surface area contributed by atoms with Crippen molar-refractivity contribution >= 4 is 22.9 Å². The van der Waals surface area contributed by atoms with Gasteiger partial charge in [-0.2, -0.15) is 0 Å². The van der Waals surface area contributed by atoms with E-state index in [4.69, 9.17) is 11.6 Å². The lowest BCUT2D eigenvalue weighted by Gasteiger charge is -2.16. The number of thiophene rings is 1. The van der Waals surface area contributed by atoms with Crippen molar-refractivity contribution in [3.8, 4) is 0 Å². The first-order chi connectivity index (χ1) is 6.75. The van der Waals surface area contributed by atoms with Gasteiger partial charge in [0.15, 0.2) is 0 Å². The minimum atomic E-state index is -0.160. The first-order valence-corrected chi connectivity index (χ1v) is 6.37. The summed E-state index contributed by atoms with van der Waals surface area (Å²) in [5, 5.41) is 9.98. The molecule has 78 valence electrons. The third kappa shape index (κ3) is 2.50. The maximum absolute atomic E-state index is 9.98. The topological polar surface area (TPSA) is 20.2 Å². The summed E-state index contributed by atoms with van der Waals surface area (Å²) in [7, 11) is 0. The molecule has 1 aromatic heterocycles. The Kier molecular flexibility index (Phi) is 3.47. The molecule has 0 amide bonds. The van der Waals surface area contributed by atoms with Gasteiger partial charge in [0.05, 0.1) is 10.4 Å². The van der Waals surface area contributed by atoms with Crippen LogP contribution in [-0.2, 0) is 6.42 Å². The summed E-state index contributed by atoms with van der Waals surface area (Å²) in [6.45, 7) is 0. The zero-order chi connectivity index (χ0) is 9.97. The Labute approximate surface area is 93.7 Å². The van der Waals surface area contributed by atoms with Crippen molar-refractivity contribution in [2.45, 2.75) is 38.2 Å². The summed E-state index contributed by atoms with van der Waals surface area (Å²) < 4.78 is 0.818. The molecule has 0 bridgehead atoms. The highest BCUT2D eigenvalue weighted by Gasteiger charge is 2.23. The normalized spacial score (nSPS) is 20.1. The molecule has 1 fully saturated rings. The molecular formula is C11H15ClOS. The average molecular weight is 231 g/mol. The second-order valence-electron chi connectivity index (χ2n) is 4.02. The molecule has 1 atom stereocenters. The Morgan fingerprint density at radius 2 is 2.14 bits per heavy atom. The van der Waals surface area contributed by atoms with Crippen molar-refractivity contribution in [2.75, 3.05) is 0 Å². The predicted octanol–water partition coefficient (Wildman–Crippen LogP) is 3.50. The maximum Gasteiger partial charge on any atom is 0.0931 e. The average Bonchev–Trinajstić information content (AvgIpc) is 2.75. The number of rotatable bonds is 3. The molecule has 1 unspecified atom stereocenters. The molecule has 1 aliphatic rings. The van der Waals surface area contributed by atoms with E-state index in [1.54, 1.807) is 11.3 Å². The van der Waals surface area contributed by atoms with Crippen LogP contribution < -0.4 is 0 Å². The predicted molar refractivity (Wildman–Crippen MR) is 61.0 cm³/mol. The fourth-order valence-corrected chi connectivity index (χ4v) is 3.31. The van der Waals surface area contributed by atoms with Gasteiger partial charge in [-0.15, -0.1) is 11.3 Å². The Morgan fingerprint density at radius 1 is 1.43 bits per heavy atom. The third-order valence-electron chi connectivity index (χ3n) is 2.98. The van der Waals surface area contributed by atoms with E-state index in [1.165, 1.54) is 30.6 Å². The van der Waals surface area contributed by atoms with Gasteiger partial charge < -0.3 is 5.11 Å². The van der Waals surface area contributed by atoms with Gasteiger partial charge in [0.25, 0.3) is 0 Å². The molecule has 0 aromatic carbocycles. The molecule has 0 radical (unpaired) electrons. The fraction of sp³-hybridized carbons (Fsp3) is 0.636. The summed E-state index contributed by atoms with van der Waals surface area (Å²) in [5.41, 5.74) is 0. The smallest absolute Gasteiger partial charge is 0.0931 e. The van der Waals surface area contributed by atoms with Crippen LogP contribution in [0.4, 0.5) is 0 Å². The maximum atomic E-state index is 9.98. The van der Waals surface area contributed by atoms with Gasteiger partial charge in [-0.3, -0.25) is 0 Å². The van der Waals surface area contributed by atoms with Crippen molar-refractivity contribution in [1.82, 2.24) is 0 Å². The molecular weight excluding hydrogens is 216 g/mol. The number of hydrogen-bond acceptors (Lipinski definition) is 2. The molecule has 0 aliphatic heterocycles. The molecule has 1 N–H and O–H groups in total. The molecule has 1 nitrogen and oxygen atoms in total. The Morgan fingerprint density at radius 3 is 2.71 bits per heavy atom. The number of hydrogen-bond donors (Lipinski definition) is 1. The molecule has 2 rings (SSSR count). The first kappa shape index (κ1) is 10.5. The number of halogens is 1. The van der Waals surface area contributed by atoms with Gasteiger partial charge in [-0.1, -0.05) is 24.4 Å². The lowest BCUT2D eigenvalue weighted by molar-refractivity contribution is 0.112. The second-order valence-corrected chi connectivity index (χ2v) is 5.82. The van der Waals surface area contributed by atoms with Gasteiger partial charge in [0.2, 0.25) is 0 Å². The summed E-state index contributed by atoms with van der Waals surface area (Å²) in [5.74, 6) is 0.524. The van der Waals surface area contributed by atoms with Crippen molar-refractivity contribution in [2.24, 2.45) is 5.92 Å². The van der Waals surface area contributed by atoms with Crippen molar-refractivity contribution in [3.63, 3.8) is 0 Å². The quantitative estimate of drug-likeness (QED) is 0.843. The van der Waals surface area contributed by atoms with E-state index in [-0.39, 0.29) is 6.10 Å². The SMILES string of the molecule is OC(Cc1ccc(Cl)s1)C1CCCC1. The zero-order valence-electron chi connectivity index (χ0n) is 8.08. The highest BCUT2D eigenvalue weighted by molar-refractivity contribution is 7.16. The number of aliphatic hydroxyl groups excluding tert-OH is 1. The van der Waals surface area contributed by atoms with Crippen LogP contribution >= 0.6 is 22.9 Å². The van der Waals surface area contributed by atoms with Crippen LogP contribution in [-0.4, -0.2) is 11.2 Å². The van der Waals surface area contributed by atoms with E-state index in [1.807, 2.05) is 12.1 Å². The fourth-order valence-electron chi connectivity index (χ4n) is 2.18. The van der Waals surface area contributed by atoms with Gasteiger partial charge in [0.1, 0.15) is 0 Å². The van der Waals surface area contributed by atoms with E-state index in [0.29, 0.717) is 5.92 Å². The standard InChI is InChI=1S/C11H15ClOS/c12-11-6-5-9(14-11)7-10(13)8-3-1-2-4-8/h5-6,8,10,13H,1-4,7H2. The lowest BCUT2D eigenvalue weighted by Crippen LogP contribution is -2.19. The molecule has 3 heteroatoms. The lowest BCUT2D eigenvalue weighted by atomic mass is 9.98. The van der Waals surface area contributed by atoms with Crippen LogP contribution in [0.2, 0.25) is 4.34 Å².